The van der Waals surface area contributed by atoms with Gasteiger partial charge in [-0.25, -0.2) is 0 Å². The third-order valence-corrected chi connectivity index (χ3v) is 8.20. The van der Waals surface area contributed by atoms with E-state index >= 15 is 0 Å². The van der Waals surface area contributed by atoms with Crippen LogP contribution < -0.4 is 5.32 Å². The lowest BCUT2D eigenvalue weighted by molar-refractivity contribution is -0.0183. The molecule has 0 amide bonds. The van der Waals surface area contributed by atoms with Gasteiger partial charge in [0.2, 0.25) is 0 Å². The summed E-state index contributed by atoms with van der Waals surface area (Å²) in [5, 5.41) is 15.1. The molecule has 186 valence electrons. The van der Waals surface area contributed by atoms with Crippen LogP contribution in [-0.4, -0.2) is 48.1 Å². The van der Waals surface area contributed by atoms with Crippen LogP contribution in [-0.2, 0) is 6.54 Å². The molecule has 2 aliphatic rings. The fourth-order valence-electron chi connectivity index (χ4n) is 6.08. The highest BCUT2D eigenvalue weighted by atomic mass is 16.3. The number of aliphatic hydroxyl groups is 1. The van der Waals surface area contributed by atoms with Crippen LogP contribution in [0, 0.1) is 17.3 Å². The minimum absolute atomic E-state index is 0.266. The molecule has 1 aliphatic heterocycles. The standard InChI is InChI=1S/C29H49N3O/c1-4-5-12-24(2)21-26(29(3)16-10-7-11-17-29)27(33)23-32-20-19-31-28(32)15-18-30-22-25-13-8-6-9-14-25/h6,8-9,13-14,24,26-27,30,33H,4-5,7,10-12,15-23H2,1-3H3. The molecule has 1 heterocycles. The van der Waals surface area contributed by atoms with Crippen molar-refractivity contribution in [2.45, 2.75) is 97.6 Å². The van der Waals surface area contributed by atoms with E-state index in [0.717, 1.165) is 45.6 Å². The Bertz CT molecular complexity index is 698. The van der Waals surface area contributed by atoms with Crippen LogP contribution in [0.3, 0.4) is 0 Å². The maximum Gasteiger partial charge on any atom is 0.100 e. The number of benzene rings is 1. The molecule has 0 aromatic heterocycles. The van der Waals surface area contributed by atoms with Crippen LogP contribution >= 0.6 is 0 Å². The number of nitrogens with zero attached hydrogens (tertiary/aromatic N) is 2. The average Bonchev–Trinajstić information content (AvgIpc) is 3.26. The number of hydrogen-bond acceptors (Lipinski definition) is 4. The molecule has 3 atom stereocenters. The summed E-state index contributed by atoms with van der Waals surface area (Å²) in [5.74, 6) is 2.26. The Hall–Kier alpha value is -1.39. The summed E-state index contributed by atoms with van der Waals surface area (Å²) in [4.78, 5) is 7.18. The highest BCUT2D eigenvalue weighted by Gasteiger charge is 2.40. The van der Waals surface area contributed by atoms with Gasteiger partial charge in [0.1, 0.15) is 5.84 Å². The lowest BCUT2D eigenvalue weighted by atomic mass is 9.63. The molecule has 3 rings (SSSR count). The van der Waals surface area contributed by atoms with Gasteiger partial charge in [0.15, 0.2) is 0 Å². The monoisotopic (exact) mass is 455 g/mol. The molecular formula is C29H49N3O. The lowest BCUT2D eigenvalue weighted by Crippen LogP contribution is -2.45. The molecule has 2 N–H and O–H groups in total. The van der Waals surface area contributed by atoms with Crippen molar-refractivity contribution in [3.8, 4) is 0 Å². The van der Waals surface area contributed by atoms with E-state index in [1.54, 1.807) is 0 Å². The molecule has 3 unspecified atom stereocenters. The molecule has 0 bridgehead atoms. The summed E-state index contributed by atoms with van der Waals surface area (Å²) in [6.45, 7) is 11.6. The third kappa shape index (κ3) is 8.10. The van der Waals surface area contributed by atoms with Gasteiger partial charge in [0, 0.05) is 32.6 Å². The number of β-amino-alcohol motifs (C(OH)–C–C–N with tert-alkyl or cyclic N) is 1. The molecule has 1 aromatic carbocycles. The second-order valence-corrected chi connectivity index (χ2v) is 11.0. The first-order chi connectivity index (χ1) is 16.0. The van der Waals surface area contributed by atoms with Crippen molar-refractivity contribution in [3.05, 3.63) is 35.9 Å². The molecule has 4 heteroatoms. The molecule has 1 aliphatic carbocycles. The van der Waals surface area contributed by atoms with Gasteiger partial charge in [-0.15, -0.1) is 0 Å². The zero-order chi connectivity index (χ0) is 23.5. The van der Waals surface area contributed by atoms with Crippen LogP contribution in [0.4, 0.5) is 0 Å². The number of amidine groups is 1. The minimum atomic E-state index is -0.266. The van der Waals surface area contributed by atoms with Crippen molar-refractivity contribution in [1.82, 2.24) is 10.2 Å². The van der Waals surface area contributed by atoms with Crippen molar-refractivity contribution in [3.63, 3.8) is 0 Å². The van der Waals surface area contributed by atoms with Crippen molar-refractivity contribution in [1.29, 1.82) is 0 Å². The van der Waals surface area contributed by atoms with Crippen molar-refractivity contribution in [2.75, 3.05) is 26.2 Å². The minimum Gasteiger partial charge on any atom is -0.391 e. The Kier molecular flexibility index (Phi) is 10.7. The van der Waals surface area contributed by atoms with Crippen LogP contribution in [0.1, 0.15) is 90.5 Å². The van der Waals surface area contributed by atoms with Crippen molar-refractivity contribution in [2.24, 2.45) is 22.2 Å². The Morgan fingerprint density at radius 3 is 2.64 bits per heavy atom. The third-order valence-electron chi connectivity index (χ3n) is 8.20. The van der Waals surface area contributed by atoms with E-state index in [9.17, 15) is 5.11 Å². The van der Waals surface area contributed by atoms with E-state index in [1.807, 2.05) is 0 Å². The van der Waals surface area contributed by atoms with Crippen LogP contribution in [0.2, 0.25) is 0 Å². The fourth-order valence-corrected chi connectivity index (χ4v) is 6.08. The average molecular weight is 456 g/mol. The molecular weight excluding hydrogens is 406 g/mol. The van der Waals surface area contributed by atoms with E-state index in [0.29, 0.717) is 11.8 Å². The maximum atomic E-state index is 11.6. The molecule has 0 spiro atoms. The predicted molar refractivity (Wildman–Crippen MR) is 141 cm³/mol. The van der Waals surface area contributed by atoms with Gasteiger partial charge in [-0.3, -0.25) is 4.99 Å². The summed E-state index contributed by atoms with van der Waals surface area (Å²) in [6, 6.07) is 10.6. The molecule has 4 nitrogen and oxygen atoms in total. The summed E-state index contributed by atoms with van der Waals surface area (Å²) in [5.41, 5.74) is 1.60. The zero-order valence-corrected chi connectivity index (χ0v) is 21.6. The summed E-state index contributed by atoms with van der Waals surface area (Å²) >= 11 is 0. The van der Waals surface area contributed by atoms with Gasteiger partial charge in [-0.2, -0.15) is 0 Å². The van der Waals surface area contributed by atoms with Gasteiger partial charge in [-0.1, -0.05) is 89.6 Å². The Morgan fingerprint density at radius 1 is 1.15 bits per heavy atom. The first-order valence-corrected chi connectivity index (χ1v) is 13.7. The van der Waals surface area contributed by atoms with Crippen molar-refractivity contribution < 1.29 is 5.11 Å². The first-order valence-electron chi connectivity index (χ1n) is 13.7. The fraction of sp³-hybridized carbons (Fsp3) is 0.759. The predicted octanol–water partition coefficient (Wildman–Crippen LogP) is 6.04. The van der Waals surface area contributed by atoms with E-state index in [-0.39, 0.29) is 11.5 Å². The number of aliphatic imine (C=N–C) groups is 1. The molecule has 0 saturated heterocycles. The Balaban J connectivity index is 1.54. The van der Waals surface area contributed by atoms with Gasteiger partial charge in [0.05, 0.1) is 12.6 Å². The number of aliphatic hydroxyl groups excluding tert-OH is 1. The van der Waals surface area contributed by atoms with Crippen LogP contribution in [0.25, 0.3) is 0 Å². The molecule has 1 saturated carbocycles. The number of unbranched alkanes of at least 4 members (excludes halogenated alkanes) is 1. The second-order valence-electron chi connectivity index (χ2n) is 11.0. The quantitative estimate of drug-likeness (QED) is 0.336. The number of hydrogen-bond donors (Lipinski definition) is 2. The Morgan fingerprint density at radius 2 is 1.91 bits per heavy atom. The van der Waals surface area contributed by atoms with Gasteiger partial charge < -0.3 is 15.3 Å². The van der Waals surface area contributed by atoms with E-state index in [1.165, 1.54) is 62.8 Å². The van der Waals surface area contributed by atoms with Gasteiger partial charge in [0.25, 0.3) is 0 Å². The highest BCUT2D eigenvalue weighted by Crippen LogP contribution is 2.46. The summed E-state index contributed by atoms with van der Waals surface area (Å²) in [6.07, 6.45) is 12.3. The first kappa shape index (κ1) is 26.2. The van der Waals surface area contributed by atoms with Crippen LogP contribution in [0.15, 0.2) is 35.3 Å². The lowest BCUT2D eigenvalue weighted by Gasteiger charge is -2.45. The van der Waals surface area contributed by atoms with E-state index in [2.05, 4.69) is 61.3 Å². The van der Waals surface area contributed by atoms with Gasteiger partial charge in [-0.05, 0) is 42.1 Å². The Labute approximate surface area is 203 Å². The maximum absolute atomic E-state index is 11.6. The van der Waals surface area contributed by atoms with Crippen LogP contribution in [0.5, 0.6) is 0 Å². The summed E-state index contributed by atoms with van der Waals surface area (Å²) < 4.78 is 0. The molecule has 33 heavy (non-hydrogen) atoms. The SMILES string of the molecule is CCCCC(C)CC(C(O)CN1CCN=C1CCNCc1ccccc1)C1(C)CCCCC1. The van der Waals surface area contributed by atoms with Crippen molar-refractivity contribution >= 4 is 5.84 Å². The molecule has 1 fully saturated rings. The van der Waals surface area contributed by atoms with E-state index in [4.69, 9.17) is 4.99 Å². The zero-order valence-electron chi connectivity index (χ0n) is 21.6. The normalized spacial score (nSPS) is 21.0. The molecule has 0 radical (unpaired) electrons. The van der Waals surface area contributed by atoms with E-state index < -0.39 is 0 Å². The summed E-state index contributed by atoms with van der Waals surface area (Å²) in [7, 11) is 0. The highest BCUT2D eigenvalue weighted by molar-refractivity contribution is 5.84. The molecule has 1 aromatic rings. The number of rotatable bonds is 14. The smallest absolute Gasteiger partial charge is 0.100 e. The van der Waals surface area contributed by atoms with Gasteiger partial charge >= 0.3 is 0 Å². The largest absolute Gasteiger partial charge is 0.391 e. The topological polar surface area (TPSA) is 47.9 Å². The number of nitrogens with one attached hydrogen (secondary N) is 1. The second kappa shape index (κ2) is 13.5.